The molecule has 0 aliphatic heterocycles. The summed E-state index contributed by atoms with van der Waals surface area (Å²) < 4.78 is 4.56. The molecule has 4 nitrogen and oxygen atoms in total. The number of methoxy groups -OCH3 is 1. The molecule has 1 aromatic carbocycles. The van der Waals surface area contributed by atoms with Crippen molar-refractivity contribution in [3.63, 3.8) is 0 Å². The van der Waals surface area contributed by atoms with Crippen molar-refractivity contribution in [3.05, 3.63) is 41.0 Å². The van der Waals surface area contributed by atoms with E-state index in [1.54, 1.807) is 24.3 Å². The minimum absolute atomic E-state index is 0.0789. The zero-order valence-corrected chi connectivity index (χ0v) is 8.80. The second kappa shape index (κ2) is 3.98. The summed E-state index contributed by atoms with van der Waals surface area (Å²) in [6.07, 6.45) is -0.698. The van der Waals surface area contributed by atoms with E-state index in [0.29, 0.717) is 11.1 Å². The number of aliphatic hydroxyl groups excluding tert-OH is 2. The van der Waals surface area contributed by atoms with Crippen LogP contribution in [0.25, 0.3) is 5.76 Å². The molecule has 0 fully saturated rings. The largest absolute Gasteiger partial charge is 0.507 e. The molecule has 84 valence electrons. The van der Waals surface area contributed by atoms with E-state index < -0.39 is 12.1 Å². The Labute approximate surface area is 92.8 Å². The van der Waals surface area contributed by atoms with Crippen LogP contribution in [0.15, 0.2) is 29.8 Å². The Morgan fingerprint density at radius 2 is 2.12 bits per heavy atom. The van der Waals surface area contributed by atoms with E-state index in [2.05, 4.69) is 4.74 Å². The Bertz CT molecular complexity index is 462. The van der Waals surface area contributed by atoms with Crippen molar-refractivity contribution in [2.45, 2.75) is 12.5 Å². The maximum Gasteiger partial charge on any atom is 0.337 e. The molecular weight excluding hydrogens is 208 g/mol. The highest BCUT2D eigenvalue weighted by Crippen LogP contribution is 2.36. The molecule has 4 heteroatoms. The monoisotopic (exact) mass is 220 g/mol. The van der Waals surface area contributed by atoms with Gasteiger partial charge in [0.1, 0.15) is 5.76 Å². The quantitative estimate of drug-likeness (QED) is 0.705. The standard InChI is InChI=1S/C12H12O4/c1-16-12(15)9-6-10(13)7-4-2-3-5-8(7)11(9)14/h2-5,10,13-14H,6H2,1H3. The summed E-state index contributed by atoms with van der Waals surface area (Å²) in [6.45, 7) is 0. The summed E-state index contributed by atoms with van der Waals surface area (Å²) in [5.74, 6) is -0.709. The molecule has 0 saturated carbocycles. The summed E-state index contributed by atoms with van der Waals surface area (Å²) in [5, 5.41) is 19.7. The van der Waals surface area contributed by atoms with Gasteiger partial charge in [0.25, 0.3) is 0 Å². The molecule has 0 spiro atoms. The molecule has 1 aliphatic carbocycles. The van der Waals surface area contributed by atoms with Crippen molar-refractivity contribution in [1.29, 1.82) is 0 Å². The van der Waals surface area contributed by atoms with Gasteiger partial charge in [-0.1, -0.05) is 24.3 Å². The Hall–Kier alpha value is -1.81. The lowest BCUT2D eigenvalue weighted by Crippen LogP contribution is -2.17. The van der Waals surface area contributed by atoms with Crippen molar-refractivity contribution in [2.75, 3.05) is 7.11 Å². The molecular formula is C12H12O4. The summed E-state index contributed by atoms with van der Waals surface area (Å²) in [4.78, 5) is 11.4. The van der Waals surface area contributed by atoms with Gasteiger partial charge in [0.15, 0.2) is 0 Å². The van der Waals surface area contributed by atoms with Gasteiger partial charge in [0.2, 0.25) is 0 Å². The summed E-state index contributed by atoms with van der Waals surface area (Å²) in [5.41, 5.74) is 1.24. The number of rotatable bonds is 1. The second-order valence-electron chi connectivity index (χ2n) is 3.63. The van der Waals surface area contributed by atoms with Crippen LogP contribution in [0.5, 0.6) is 0 Å². The topological polar surface area (TPSA) is 66.8 Å². The van der Waals surface area contributed by atoms with Crippen molar-refractivity contribution in [3.8, 4) is 0 Å². The molecule has 16 heavy (non-hydrogen) atoms. The molecule has 1 aliphatic rings. The highest BCUT2D eigenvalue weighted by molar-refractivity contribution is 5.97. The Kier molecular flexibility index (Phi) is 2.66. The van der Waals surface area contributed by atoms with Crippen LogP contribution >= 0.6 is 0 Å². The predicted octanol–water partition coefficient (Wildman–Crippen LogP) is 1.57. The molecule has 0 saturated heterocycles. The third-order valence-corrected chi connectivity index (χ3v) is 2.69. The van der Waals surface area contributed by atoms with E-state index in [0.717, 1.165) is 0 Å². The first-order chi connectivity index (χ1) is 7.65. The van der Waals surface area contributed by atoms with E-state index in [1.165, 1.54) is 7.11 Å². The van der Waals surface area contributed by atoms with E-state index in [-0.39, 0.29) is 17.8 Å². The minimum atomic E-state index is -0.777. The van der Waals surface area contributed by atoms with Gasteiger partial charge in [-0.2, -0.15) is 0 Å². The zero-order valence-electron chi connectivity index (χ0n) is 8.80. The number of aliphatic hydroxyl groups is 2. The molecule has 0 aromatic heterocycles. The summed E-state index contributed by atoms with van der Waals surface area (Å²) >= 11 is 0. The fourth-order valence-corrected chi connectivity index (χ4v) is 1.87. The number of hydrogen-bond donors (Lipinski definition) is 2. The molecule has 1 aromatic rings. The SMILES string of the molecule is COC(=O)C1=C(O)c2ccccc2C(O)C1. The maximum atomic E-state index is 11.4. The summed E-state index contributed by atoms with van der Waals surface area (Å²) in [7, 11) is 1.25. The lowest BCUT2D eigenvalue weighted by atomic mass is 9.88. The lowest BCUT2D eigenvalue weighted by Gasteiger charge is -2.22. The zero-order chi connectivity index (χ0) is 11.7. The number of benzene rings is 1. The average Bonchev–Trinajstić information content (AvgIpc) is 2.33. The van der Waals surface area contributed by atoms with E-state index in [4.69, 9.17) is 0 Å². The van der Waals surface area contributed by atoms with Crippen molar-refractivity contribution in [2.24, 2.45) is 0 Å². The van der Waals surface area contributed by atoms with Crippen molar-refractivity contribution < 1.29 is 19.7 Å². The third-order valence-electron chi connectivity index (χ3n) is 2.69. The van der Waals surface area contributed by atoms with Crippen LogP contribution < -0.4 is 0 Å². The maximum absolute atomic E-state index is 11.4. The van der Waals surface area contributed by atoms with Crippen molar-refractivity contribution >= 4 is 11.7 Å². The minimum Gasteiger partial charge on any atom is -0.507 e. The van der Waals surface area contributed by atoms with Crippen LogP contribution in [0.2, 0.25) is 0 Å². The molecule has 1 atom stereocenters. The van der Waals surface area contributed by atoms with E-state index >= 15 is 0 Å². The predicted molar refractivity (Wildman–Crippen MR) is 57.6 cm³/mol. The Balaban J connectivity index is 2.55. The van der Waals surface area contributed by atoms with Crippen LogP contribution in [0, 0.1) is 0 Å². The second-order valence-corrected chi connectivity index (χ2v) is 3.63. The van der Waals surface area contributed by atoms with Gasteiger partial charge in [-0.3, -0.25) is 0 Å². The lowest BCUT2D eigenvalue weighted by molar-refractivity contribution is -0.136. The molecule has 1 unspecified atom stereocenters. The third kappa shape index (κ3) is 1.57. The van der Waals surface area contributed by atoms with Gasteiger partial charge in [-0.05, 0) is 5.56 Å². The number of carbonyl (C=O) groups is 1. The Morgan fingerprint density at radius 1 is 1.44 bits per heavy atom. The number of esters is 1. The van der Waals surface area contributed by atoms with Gasteiger partial charge >= 0.3 is 5.97 Å². The highest BCUT2D eigenvalue weighted by Gasteiger charge is 2.29. The Morgan fingerprint density at radius 3 is 2.81 bits per heavy atom. The van der Waals surface area contributed by atoms with E-state index in [9.17, 15) is 15.0 Å². The molecule has 2 N–H and O–H groups in total. The van der Waals surface area contributed by atoms with Gasteiger partial charge in [-0.15, -0.1) is 0 Å². The molecule has 0 bridgehead atoms. The molecule has 0 radical (unpaired) electrons. The first kappa shape index (κ1) is 10.7. The fourth-order valence-electron chi connectivity index (χ4n) is 1.87. The van der Waals surface area contributed by atoms with E-state index in [1.807, 2.05) is 0 Å². The van der Waals surface area contributed by atoms with Gasteiger partial charge in [0, 0.05) is 12.0 Å². The van der Waals surface area contributed by atoms with Crippen molar-refractivity contribution in [1.82, 2.24) is 0 Å². The van der Waals surface area contributed by atoms with Crippen LogP contribution in [0.3, 0.4) is 0 Å². The number of hydrogen-bond acceptors (Lipinski definition) is 4. The number of ether oxygens (including phenoxy) is 1. The highest BCUT2D eigenvalue weighted by atomic mass is 16.5. The van der Waals surface area contributed by atoms with Gasteiger partial charge in [-0.25, -0.2) is 4.79 Å². The van der Waals surface area contributed by atoms with Crippen LogP contribution in [-0.2, 0) is 9.53 Å². The smallest absolute Gasteiger partial charge is 0.337 e. The first-order valence-corrected chi connectivity index (χ1v) is 4.93. The van der Waals surface area contributed by atoms with Crippen LogP contribution in [0.4, 0.5) is 0 Å². The number of fused-ring (bicyclic) bond motifs is 1. The molecule has 2 rings (SSSR count). The average molecular weight is 220 g/mol. The summed E-state index contributed by atoms with van der Waals surface area (Å²) in [6, 6.07) is 6.90. The fraction of sp³-hybridized carbons (Fsp3) is 0.250. The van der Waals surface area contributed by atoms with Crippen LogP contribution in [-0.4, -0.2) is 23.3 Å². The molecule has 0 heterocycles. The van der Waals surface area contributed by atoms with Crippen LogP contribution in [0.1, 0.15) is 23.7 Å². The first-order valence-electron chi connectivity index (χ1n) is 4.93. The van der Waals surface area contributed by atoms with Gasteiger partial charge < -0.3 is 14.9 Å². The normalized spacial score (nSPS) is 19.2. The van der Waals surface area contributed by atoms with Gasteiger partial charge in [0.05, 0.1) is 18.8 Å². The molecule has 0 amide bonds. The number of carbonyl (C=O) groups excluding carboxylic acids is 1.